The van der Waals surface area contributed by atoms with Crippen LogP contribution < -0.4 is 0 Å². The molecule has 0 aliphatic carbocycles. The first-order chi connectivity index (χ1) is 10.3. The minimum absolute atomic E-state index is 1.28. The molecule has 0 atom stereocenters. The van der Waals surface area contributed by atoms with Crippen LogP contribution in [0.15, 0.2) is 78.9 Å². The van der Waals surface area contributed by atoms with Crippen LogP contribution in [0.3, 0.4) is 0 Å². The fourth-order valence-electron chi connectivity index (χ4n) is 3.08. The third-order valence-electron chi connectivity index (χ3n) is 4.20. The third kappa shape index (κ3) is 2.00. The molecule has 0 amide bonds. The quantitative estimate of drug-likeness (QED) is 0.399. The van der Waals surface area contributed by atoms with Crippen LogP contribution in [0, 0.1) is 6.92 Å². The lowest BCUT2D eigenvalue weighted by Gasteiger charge is -2.10. The Labute approximate surface area is 124 Å². The van der Waals surface area contributed by atoms with Crippen molar-refractivity contribution >= 4 is 21.5 Å². The maximum atomic E-state index is 2.28. The molecule has 21 heavy (non-hydrogen) atoms. The number of aryl methyl sites for hydroxylation is 1. The van der Waals surface area contributed by atoms with Crippen LogP contribution in [-0.2, 0) is 0 Å². The number of hydrogen-bond donors (Lipinski definition) is 0. The Morgan fingerprint density at radius 2 is 1.33 bits per heavy atom. The van der Waals surface area contributed by atoms with Crippen molar-refractivity contribution in [3.05, 3.63) is 84.4 Å². The lowest BCUT2D eigenvalue weighted by atomic mass is 9.95. The molecule has 0 saturated carbocycles. The van der Waals surface area contributed by atoms with Gasteiger partial charge in [-0.3, -0.25) is 0 Å². The SMILES string of the molecule is Cc1cccc2c(-c3ccc4ccccc4c3)cccc12. The van der Waals surface area contributed by atoms with Gasteiger partial charge in [-0.2, -0.15) is 0 Å². The fraction of sp³-hybridized carbons (Fsp3) is 0.0476. The van der Waals surface area contributed by atoms with E-state index in [1.54, 1.807) is 0 Å². The Balaban J connectivity index is 2.02. The Morgan fingerprint density at radius 3 is 2.24 bits per heavy atom. The largest absolute Gasteiger partial charge is 0.0616 e. The lowest BCUT2D eigenvalue weighted by molar-refractivity contribution is 1.53. The Kier molecular flexibility index (Phi) is 2.75. The molecule has 0 heteroatoms. The highest BCUT2D eigenvalue weighted by Crippen LogP contribution is 2.31. The summed E-state index contributed by atoms with van der Waals surface area (Å²) >= 11 is 0. The summed E-state index contributed by atoms with van der Waals surface area (Å²) in [6, 6.07) is 28.3. The molecule has 0 aliphatic rings. The van der Waals surface area contributed by atoms with Crippen molar-refractivity contribution in [1.29, 1.82) is 0 Å². The minimum atomic E-state index is 1.28. The molecule has 0 aromatic heterocycles. The van der Waals surface area contributed by atoms with Gasteiger partial charge in [-0.25, -0.2) is 0 Å². The van der Waals surface area contributed by atoms with Gasteiger partial charge >= 0.3 is 0 Å². The molecule has 0 unspecified atom stereocenters. The van der Waals surface area contributed by atoms with Crippen molar-refractivity contribution < 1.29 is 0 Å². The Hall–Kier alpha value is -2.60. The summed E-state index contributed by atoms with van der Waals surface area (Å²) in [5.41, 5.74) is 3.92. The van der Waals surface area contributed by atoms with Gasteiger partial charge in [0.15, 0.2) is 0 Å². The van der Waals surface area contributed by atoms with Crippen LogP contribution in [0.4, 0.5) is 0 Å². The van der Waals surface area contributed by atoms with E-state index in [0.29, 0.717) is 0 Å². The van der Waals surface area contributed by atoms with Crippen molar-refractivity contribution in [2.75, 3.05) is 0 Å². The van der Waals surface area contributed by atoms with E-state index >= 15 is 0 Å². The molecule has 0 spiro atoms. The number of rotatable bonds is 1. The second-order valence-electron chi connectivity index (χ2n) is 5.54. The van der Waals surface area contributed by atoms with Gasteiger partial charge in [0.2, 0.25) is 0 Å². The average molecular weight is 268 g/mol. The number of hydrogen-bond acceptors (Lipinski definition) is 0. The molecule has 4 aromatic rings. The molecule has 0 nitrogen and oxygen atoms in total. The van der Waals surface area contributed by atoms with Crippen LogP contribution in [0.2, 0.25) is 0 Å². The van der Waals surface area contributed by atoms with Crippen LogP contribution >= 0.6 is 0 Å². The average Bonchev–Trinajstić information content (AvgIpc) is 2.54. The molecule has 0 heterocycles. The van der Waals surface area contributed by atoms with Crippen LogP contribution in [0.5, 0.6) is 0 Å². The summed E-state index contributed by atoms with van der Waals surface area (Å²) in [4.78, 5) is 0. The van der Waals surface area contributed by atoms with Gasteiger partial charge in [-0.05, 0) is 51.2 Å². The first kappa shape index (κ1) is 12.2. The zero-order valence-electron chi connectivity index (χ0n) is 12.0. The summed E-state index contributed by atoms with van der Waals surface area (Å²) in [6.45, 7) is 2.17. The molecule has 0 fully saturated rings. The molecule has 100 valence electrons. The highest BCUT2D eigenvalue weighted by Gasteiger charge is 2.05. The van der Waals surface area contributed by atoms with E-state index < -0.39 is 0 Å². The molecule has 0 radical (unpaired) electrons. The molecule has 4 aromatic carbocycles. The van der Waals surface area contributed by atoms with E-state index in [1.165, 1.54) is 38.2 Å². The predicted octanol–water partition coefficient (Wildman–Crippen LogP) is 5.97. The van der Waals surface area contributed by atoms with Gasteiger partial charge < -0.3 is 0 Å². The van der Waals surface area contributed by atoms with Gasteiger partial charge in [0, 0.05) is 0 Å². The van der Waals surface area contributed by atoms with Gasteiger partial charge in [0.1, 0.15) is 0 Å². The molecule has 0 N–H and O–H groups in total. The molecule has 0 saturated heterocycles. The molecular formula is C21H16. The van der Waals surface area contributed by atoms with E-state index in [9.17, 15) is 0 Å². The van der Waals surface area contributed by atoms with E-state index in [1.807, 2.05) is 0 Å². The molecule has 0 bridgehead atoms. The Bertz CT molecular complexity index is 948. The summed E-state index contributed by atoms with van der Waals surface area (Å²) in [7, 11) is 0. The van der Waals surface area contributed by atoms with Gasteiger partial charge in [0.05, 0.1) is 0 Å². The monoisotopic (exact) mass is 268 g/mol. The second kappa shape index (κ2) is 4.75. The standard InChI is InChI=1S/C21H16/c1-15-6-4-11-21-19(15)9-5-10-20(21)18-13-12-16-7-2-3-8-17(16)14-18/h2-14H,1H3. The van der Waals surface area contributed by atoms with Crippen molar-refractivity contribution in [3.63, 3.8) is 0 Å². The van der Waals surface area contributed by atoms with E-state index in [2.05, 4.69) is 85.8 Å². The topological polar surface area (TPSA) is 0 Å². The highest BCUT2D eigenvalue weighted by molar-refractivity contribution is 6.00. The second-order valence-corrected chi connectivity index (χ2v) is 5.54. The normalized spacial score (nSPS) is 11.1. The van der Waals surface area contributed by atoms with Crippen molar-refractivity contribution in [2.45, 2.75) is 6.92 Å². The number of benzene rings is 4. The molecule has 4 rings (SSSR count). The van der Waals surface area contributed by atoms with Gasteiger partial charge in [0.25, 0.3) is 0 Å². The van der Waals surface area contributed by atoms with Crippen molar-refractivity contribution in [3.8, 4) is 11.1 Å². The van der Waals surface area contributed by atoms with Crippen molar-refractivity contribution in [1.82, 2.24) is 0 Å². The van der Waals surface area contributed by atoms with E-state index in [0.717, 1.165) is 0 Å². The minimum Gasteiger partial charge on any atom is -0.0616 e. The zero-order chi connectivity index (χ0) is 14.2. The summed E-state index contributed by atoms with van der Waals surface area (Å²) in [5, 5.41) is 5.24. The first-order valence-electron chi connectivity index (χ1n) is 7.30. The third-order valence-corrected chi connectivity index (χ3v) is 4.20. The van der Waals surface area contributed by atoms with E-state index in [4.69, 9.17) is 0 Å². The van der Waals surface area contributed by atoms with Crippen LogP contribution in [0.1, 0.15) is 5.56 Å². The first-order valence-corrected chi connectivity index (χ1v) is 7.30. The van der Waals surface area contributed by atoms with E-state index in [-0.39, 0.29) is 0 Å². The van der Waals surface area contributed by atoms with Crippen molar-refractivity contribution in [2.24, 2.45) is 0 Å². The number of fused-ring (bicyclic) bond motifs is 2. The fourth-order valence-corrected chi connectivity index (χ4v) is 3.08. The maximum Gasteiger partial charge on any atom is -0.0103 e. The summed E-state index contributed by atoms with van der Waals surface area (Å²) in [5.74, 6) is 0. The maximum absolute atomic E-state index is 2.28. The molecular weight excluding hydrogens is 252 g/mol. The Morgan fingerprint density at radius 1 is 0.571 bits per heavy atom. The van der Waals surface area contributed by atoms with Gasteiger partial charge in [-0.1, -0.05) is 72.8 Å². The summed E-state index contributed by atoms with van der Waals surface area (Å²) in [6.07, 6.45) is 0. The smallest absolute Gasteiger partial charge is 0.0103 e. The zero-order valence-corrected chi connectivity index (χ0v) is 12.0. The predicted molar refractivity (Wildman–Crippen MR) is 91.6 cm³/mol. The summed E-state index contributed by atoms with van der Waals surface area (Å²) < 4.78 is 0. The van der Waals surface area contributed by atoms with Crippen LogP contribution in [0.25, 0.3) is 32.7 Å². The van der Waals surface area contributed by atoms with Gasteiger partial charge in [-0.15, -0.1) is 0 Å². The lowest BCUT2D eigenvalue weighted by Crippen LogP contribution is -1.84. The van der Waals surface area contributed by atoms with Crippen LogP contribution in [-0.4, -0.2) is 0 Å². The highest BCUT2D eigenvalue weighted by atomic mass is 14.1. The molecule has 0 aliphatic heterocycles.